The van der Waals surface area contributed by atoms with E-state index in [0.29, 0.717) is 11.8 Å². The summed E-state index contributed by atoms with van der Waals surface area (Å²) in [6.07, 6.45) is 4.86. The predicted octanol–water partition coefficient (Wildman–Crippen LogP) is 0.857. The lowest BCUT2D eigenvalue weighted by Crippen LogP contribution is -2.35. The third-order valence-electron chi connectivity index (χ3n) is 3.39. The molecule has 1 aliphatic carbocycles. The number of nitriles is 1. The number of rotatable bonds is 1. The number of nitrogens with zero attached hydrogens (tertiary/aromatic N) is 1. The molecule has 3 nitrogen and oxygen atoms in total. The summed E-state index contributed by atoms with van der Waals surface area (Å²) in [4.78, 5) is 11.2. The summed E-state index contributed by atoms with van der Waals surface area (Å²) in [5.74, 6) is 0.825. The van der Waals surface area contributed by atoms with Crippen LogP contribution >= 0.6 is 0 Å². The van der Waals surface area contributed by atoms with Gasteiger partial charge in [-0.05, 0) is 31.2 Å². The summed E-state index contributed by atoms with van der Waals surface area (Å²) >= 11 is 0. The van der Waals surface area contributed by atoms with Crippen LogP contribution in [0.25, 0.3) is 0 Å². The molecule has 2 aliphatic rings. The minimum absolute atomic E-state index is 0.157. The standard InChI is InChI=1S/C10H14N2O/c11-5-9(13)10-8-4-2-1-3-7(8)6-12-10/h7-8,10,12H,1-4,6H2. The van der Waals surface area contributed by atoms with E-state index in [1.54, 1.807) is 6.07 Å². The van der Waals surface area contributed by atoms with Crippen molar-refractivity contribution in [3.8, 4) is 6.07 Å². The fourth-order valence-corrected chi connectivity index (χ4v) is 2.72. The second-order valence-electron chi connectivity index (χ2n) is 4.07. The van der Waals surface area contributed by atoms with Gasteiger partial charge in [0.05, 0.1) is 6.04 Å². The topological polar surface area (TPSA) is 52.9 Å². The summed E-state index contributed by atoms with van der Waals surface area (Å²) in [5, 5.41) is 11.7. The molecule has 1 saturated heterocycles. The van der Waals surface area contributed by atoms with E-state index in [9.17, 15) is 4.79 Å². The molecule has 3 unspecified atom stereocenters. The minimum Gasteiger partial charge on any atom is -0.306 e. The predicted molar refractivity (Wildman–Crippen MR) is 47.9 cm³/mol. The lowest BCUT2D eigenvalue weighted by Gasteiger charge is -2.26. The second kappa shape index (κ2) is 3.47. The minimum atomic E-state index is -0.269. The van der Waals surface area contributed by atoms with Gasteiger partial charge in [0, 0.05) is 0 Å². The Kier molecular flexibility index (Phi) is 2.32. The van der Waals surface area contributed by atoms with E-state index in [-0.39, 0.29) is 11.8 Å². The molecule has 1 N–H and O–H groups in total. The van der Waals surface area contributed by atoms with Crippen LogP contribution in [0.2, 0.25) is 0 Å². The third-order valence-corrected chi connectivity index (χ3v) is 3.39. The summed E-state index contributed by atoms with van der Waals surface area (Å²) in [7, 11) is 0. The number of fused-ring (bicyclic) bond motifs is 1. The summed E-state index contributed by atoms with van der Waals surface area (Å²) < 4.78 is 0. The van der Waals surface area contributed by atoms with Crippen molar-refractivity contribution < 1.29 is 4.79 Å². The largest absolute Gasteiger partial charge is 0.306 e. The normalized spacial score (nSPS) is 37.9. The van der Waals surface area contributed by atoms with Crippen LogP contribution in [0.3, 0.4) is 0 Å². The van der Waals surface area contributed by atoms with Crippen molar-refractivity contribution in [3.05, 3.63) is 0 Å². The molecule has 1 saturated carbocycles. The van der Waals surface area contributed by atoms with Crippen LogP contribution in [0.1, 0.15) is 25.7 Å². The van der Waals surface area contributed by atoms with Crippen molar-refractivity contribution in [2.24, 2.45) is 11.8 Å². The van der Waals surface area contributed by atoms with Gasteiger partial charge in [-0.25, -0.2) is 0 Å². The molecule has 0 radical (unpaired) electrons. The number of carbonyl (C=O) groups excluding carboxylic acids is 1. The first-order valence-electron chi connectivity index (χ1n) is 5.00. The highest BCUT2D eigenvalue weighted by Gasteiger charge is 2.40. The molecule has 0 aromatic heterocycles. The zero-order chi connectivity index (χ0) is 9.26. The van der Waals surface area contributed by atoms with Gasteiger partial charge in [0.25, 0.3) is 0 Å². The van der Waals surface area contributed by atoms with Gasteiger partial charge in [0.15, 0.2) is 0 Å². The average Bonchev–Trinajstić information content (AvgIpc) is 2.60. The van der Waals surface area contributed by atoms with Gasteiger partial charge in [0.1, 0.15) is 6.07 Å². The zero-order valence-electron chi connectivity index (χ0n) is 7.62. The van der Waals surface area contributed by atoms with E-state index in [2.05, 4.69) is 5.32 Å². The summed E-state index contributed by atoms with van der Waals surface area (Å²) in [5.41, 5.74) is 0. The van der Waals surface area contributed by atoms with E-state index in [0.717, 1.165) is 13.0 Å². The molecule has 0 bridgehead atoms. The van der Waals surface area contributed by atoms with E-state index in [1.807, 2.05) is 0 Å². The zero-order valence-corrected chi connectivity index (χ0v) is 7.62. The maximum absolute atomic E-state index is 11.2. The first-order valence-corrected chi connectivity index (χ1v) is 5.00. The number of carbonyl (C=O) groups is 1. The van der Waals surface area contributed by atoms with Crippen LogP contribution in [-0.2, 0) is 4.79 Å². The molecule has 3 atom stereocenters. The van der Waals surface area contributed by atoms with Crippen molar-refractivity contribution in [3.63, 3.8) is 0 Å². The lowest BCUT2D eigenvalue weighted by atomic mass is 9.78. The van der Waals surface area contributed by atoms with Gasteiger partial charge in [-0.15, -0.1) is 0 Å². The molecule has 13 heavy (non-hydrogen) atoms. The molecule has 3 heteroatoms. The average molecular weight is 178 g/mol. The molecule has 70 valence electrons. The van der Waals surface area contributed by atoms with Crippen molar-refractivity contribution in [1.82, 2.24) is 5.32 Å². The number of nitrogens with one attached hydrogen (secondary N) is 1. The van der Waals surface area contributed by atoms with Gasteiger partial charge in [0.2, 0.25) is 5.78 Å². The number of hydrogen-bond donors (Lipinski definition) is 1. The molecular weight excluding hydrogens is 164 g/mol. The summed E-state index contributed by atoms with van der Waals surface area (Å²) in [6, 6.07) is 1.58. The molecule has 0 aromatic rings. The monoisotopic (exact) mass is 178 g/mol. The molecule has 0 spiro atoms. The fraction of sp³-hybridized carbons (Fsp3) is 0.800. The maximum atomic E-state index is 11.2. The quantitative estimate of drug-likeness (QED) is 0.606. The Balaban J connectivity index is 2.07. The fourth-order valence-electron chi connectivity index (χ4n) is 2.72. The van der Waals surface area contributed by atoms with Gasteiger partial charge in [-0.2, -0.15) is 5.26 Å². The lowest BCUT2D eigenvalue weighted by molar-refractivity contribution is -0.116. The number of Topliss-reactive ketones (excluding diaryl/α,β-unsaturated/α-hetero) is 1. The Morgan fingerprint density at radius 1 is 1.38 bits per heavy atom. The Morgan fingerprint density at radius 3 is 2.92 bits per heavy atom. The molecule has 0 aromatic carbocycles. The van der Waals surface area contributed by atoms with Crippen molar-refractivity contribution in [1.29, 1.82) is 5.26 Å². The van der Waals surface area contributed by atoms with E-state index < -0.39 is 0 Å². The van der Waals surface area contributed by atoms with E-state index in [1.165, 1.54) is 19.3 Å². The first kappa shape index (κ1) is 8.71. The second-order valence-corrected chi connectivity index (χ2v) is 4.07. The molecular formula is C10H14N2O. The van der Waals surface area contributed by atoms with Crippen LogP contribution in [0.15, 0.2) is 0 Å². The Morgan fingerprint density at radius 2 is 2.15 bits per heavy atom. The highest BCUT2D eigenvalue weighted by molar-refractivity contribution is 5.98. The molecule has 2 fully saturated rings. The van der Waals surface area contributed by atoms with Gasteiger partial charge in [-0.3, -0.25) is 4.79 Å². The van der Waals surface area contributed by atoms with Crippen molar-refractivity contribution in [2.45, 2.75) is 31.7 Å². The van der Waals surface area contributed by atoms with Gasteiger partial charge >= 0.3 is 0 Å². The number of hydrogen-bond acceptors (Lipinski definition) is 3. The molecule has 2 rings (SSSR count). The molecule has 1 aliphatic heterocycles. The van der Waals surface area contributed by atoms with Crippen molar-refractivity contribution in [2.75, 3.05) is 6.54 Å². The Hall–Kier alpha value is -0.880. The van der Waals surface area contributed by atoms with Crippen LogP contribution in [0.4, 0.5) is 0 Å². The first-order chi connectivity index (χ1) is 6.33. The molecule has 1 heterocycles. The Bertz CT molecular complexity index is 256. The van der Waals surface area contributed by atoms with Crippen LogP contribution in [0.5, 0.6) is 0 Å². The van der Waals surface area contributed by atoms with E-state index >= 15 is 0 Å². The maximum Gasteiger partial charge on any atom is 0.249 e. The highest BCUT2D eigenvalue weighted by atomic mass is 16.1. The van der Waals surface area contributed by atoms with Crippen LogP contribution in [-0.4, -0.2) is 18.4 Å². The van der Waals surface area contributed by atoms with Gasteiger partial charge in [-0.1, -0.05) is 12.8 Å². The molecule has 0 amide bonds. The smallest absolute Gasteiger partial charge is 0.249 e. The highest BCUT2D eigenvalue weighted by Crippen LogP contribution is 2.35. The van der Waals surface area contributed by atoms with Crippen LogP contribution < -0.4 is 5.32 Å². The number of ketones is 1. The van der Waals surface area contributed by atoms with E-state index in [4.69, 9.17) is 5.26 Å². The SMILES string of the molecule is N#CC(=O)C1NCC2CCCCC21. The van der Waals surface area contributed by atoms with Crippen LogP contribution in [0, 0.1) is 23.2 Å². The van der Waals surface area contributed by atoms with Gasteiger partial charge < -0.3 is 5.32 Å². The third kappa shape index (κ3) is 1.47. The van der Waals surface area contributed by atoms with Crippen molar-refractivity contribution >= 4 is 5.78 Å². The summed E-state index contributed by atoms with van der Waals surface area (Å²) in [6.45, 7) is 0.933. The Labute approximate surface area is 78.1 Å².